The number of nitrogens with zero attached hydrogens (tertiary/aromatic N) is 4. The predicted molar refractivity (Wildman–Crippen MR) is 60.1 cm³/mol. The summed E-state index contributed by atoms with van der Waals surface area (Å²) in [7, 11) is 0. The van der Waals surface area contributed by atoms with E-state index in [0.717, 1.165) is 13.0 Å². The second-order valence-electron chi connectivity index (χ2n) is 4.18. The number of hydrogen-bond acceptors (Lipinski definition) is 6. The van der Waals surface area contributed by atoms with Gasteiger partial charge in [-0.25, -0.2) is 4.98 Å². The Bertz CT molecular complexity index is 498. The predicted octanol–water partition coefficient (Wildman–Crippen LogP) is 0.992. The SMILES string of the molecule is CC1NCCC1c1nc(-c2cnccn2)no1. The summed E-state index contributed by atoms with van der Waals surface area (Å²) in [6, 6.07) is 0.380. The monoisotopic (exact) mass is 231 g/mol. The molecule has 1 saturated heterocycles. The smallest absolute Gasteiger partial charge is 0.231 e. The van der Waals surface area contributed by atoms with Gasteiger partial charge in [0.25, 0.3) is 0 Å². The average molecular weight is 231 g/mol. The molecule has 1 fully saturated rings. The van der Waals surface area contributed by atoms with E-state index in [4.69, 9.17) is 4.52 Å². The Kier molecular flexibility index (Phi) is 2.56. The lowest BCUT2D eigenvalue weighted by molar-refractivity contribution is 0.345. The van der Waals surface area contributed by atoms with Crippen molar-refractivity contribution in [1.82, 2.24) is 25.4 Å². The van der Waals surface area contributed by atoms with Crippen LogP contribution in [0.15, 0.2) is 23.1 Å². The topological polar surface area (TPSA) is 76.7 Å². The molecule has 0 spiro atoms. The van der Waals surface area contributed by atoms with E-state index < -0.39 is 0 Å². The van der Waals surface area contributed by atoms with Crippen LogP contribution in [0, 0.1) is 0 Å². The van der Waals surface area contributed by atoms with Gasteiger partial charge in [0, 0.05) is 18.4 Å². The van der Waals surface area contributed by atoms with Gasteiger partial charge in [-0.1, -0.05) is 5.16 Å². The molecular weight excluding hydrogens is 218 g/mol. The van der Waals surface area contributed by atoms with E-state index in [9.17, 15) is 0 Å². The summed E-state index contributed by atoms with van der Waals surface area (Å²) in [6.45, 7) is 3.12. The molecule has 2 atom stereocenters. The van der Waals surface area contributed by atoms with Gasteiger partial charge in [-0.05, 0) is 19.9 Å². The largest absolute Gasteiger partial charge is 0.339 e. The maximum absolute atomic E-state index is 5.30. The van der Waals surface area contributed by atoms with Crippen LogP contribution in [0.3, 0.4) is 0 Å². The van der Waals surface area contributed by atoms with Gasteiger partial charge in [0.05, 0.1) is 12.1 Å². The Labute approximate surface area is 98.5 Å². The summed E-state index contributed by atoms with van der Waals surface area (Å²) in [6.07, 6.45) is 5.90. The second kappa shape index (κ2) is 4.21. The summed E-state index contributed by atoms with van der Waals surface area (Å²) in [4.78, 5) is 12.5. The van der Waals surface area contributed by atoms with E-state index in [1.54, 1.807) is 18.6 Å². The molecule has 3 heterocycles. The molecule has 88 valence electrons. The highest BCUT2D eigenvalue weighted by Gasteiger charge is 2.29. The Morgan fingerprint density at radius 2 is 2.35 bits per heavy atom. The molecule has 0 amide bonds. The Morgan fingerprint density at radius 1 is 1.41 bits per heavy atom. The Balaban J connectivity index is 1.88. The van der Waals surface area contributed by atoms with Gasteiger partial charge < -0.3 is 9.84 Å². The van der Waals surface area contributed by atoms with E-state index in [2.05, 4.69) is 32.3 Å². The number of aromatic nitrogens is 4. The molecule has 0 aliphatic carbocycles. The van der Waals surface area contributed by atoms with Gasteiger partial charge >= 0.3 is 0 Å². The van der Waals surface area contributed by atoms with Gasteiger partial charge in [0.15, 0.2) is 0 Å². The van der Waals surface area contributed by atoms with Gasteiger partial charge in [-0.2, -0.15) is 4.98 Å². The molecule has 0 aromatic carbocycles. The van der Waals surface area contributed by atoms with Crippen molar-refractivity contribution in [3.05, 3.63) is 24.5 Å². The van der Waals surface area contributed by atoms with Crippen LogP contribution in [0.5, 0.6) is 0 Å². The van der Waals surface area contributed by atoms with Crippen molar-refractivity contribution in [3.8, 4) is 11.5 Å². The third-order valence-corrected chi connectivity index (χ3v) is 3.08. The van der Waals surface area contributed by atoms with Crippen molar-refractivity contribution in [2.45, 2.75) is 25.3 Å². The fraction of sp³-hybridized carbons (Fsp3) is 0.455. The summed E-state index contributed by atoms with van der Waals surface area (Å²) >= 11 is 0. The zero-order chi connectivity index (χ0) is 11.7. The molecule has 17 heavy (non-hydrogen) atoms. The fourth-order valence-corrected chi connectivity index (χ4v) is 2.10. The lowest BCUT2D eigenvalue weighted by Gasteiger charge is -2.08. The van der Waals surface area contributed by atoms with Crippen molar-refractivity contribution < 1.29 is 4.52 Å². The first-order chi connectivity index (χ1) is 8.34. The first-order valence-electron chi connectivity index (χ1n) is 5.68. The van der Waals surface area contributed by atoms with Crippen LogP contribution in [0.25, 0.3) is 11.5 Å². The molecule has 1 aliphatic heterocycles. The van der Waals surface area contributed by atoms with Crippen molar-refractivity contribution in [1.29, 1.82) is 0 Å². The van der Waals surface area contributed by atoms with Crippen LogP contribution in [0.4, 0.5) is 0 Å². The average Bonchev–Trinajstić information content (AvgIpc) is 2.98. The normalized spacial score (nSPS) is 24.1. The molecule has 1 N–H and O–H groups in total. The molecule has 2 aromatic rings. The maximum Gasteiger partial charge on any atom is 0.231 e. The zero-order valence-electron chi connectivity index (χ0n) is 9.50. The van der Waals surface area contributed by atoms with Crippen LogP contribution in [0.2, 0.25) is 0 Å². The Hall–Kier alpha value is -1.82. The molecule has 2 unspecified atom stereocenters. The Morgan fingerprint density at radius 3 is 3.06 bits per heavy atom. The second-order valence-corrected chi connectivity index (χ2v) is 4.18. The van der Waals surface area contributed by atoms with E-state index in [1.807, 2.05) is 0 Å². The number of hydrogen-bond donors (Lipinski definition) is 1. The van der Waals surface area contributed by atoms with Crippen LogP contribution < -0.4 is 5.32 Å². The molecule has 1 aliphatic rings. The molecule has 0 radical (unpaired) electrons. The van der Waals surface area contributed by atoms with Crippen molar-refractivity contribution >= 4 is 0 Å². The lowest BCUT2D eigenvalue weighted by atomic mass is 10.0. The van der Waals surface area contributed by atoms with E-state index in [1.165, 1.54) is 0 Å². The standard InChI is InChI=1S/C11H13N5O/c1-7-8(2-3-13-7)11-15-10(16-17-11)9-6-12-4-5-14-9/h4-8,13H,2-3H2,1H3. The molecule has 6 heteroatoms. The van der Waals surface area contributed by atoms with Gasteiger partial charge in [0.2, 0.25) is 11.7 Å². The van der Waals surface area contributed by atoms with E-state index in [0.29, 0.717) is 29.4 Å². The number of rotatable bonds is 2. The van der Waals surface area contributed by atoms with Gasteiger partial charge in [-0.15, -0.1) is 0 Å². The third-order valence-electron chi connectivity index (χ3n) is 3.08. The van der Waals surface area contributed by atoms with Crippen LogP contribution >= 0.6 is 0 Å². The molecule has 0 saturated carbocycles. The van der Waals surface area contributed by atoms with Gasteiger partial charge in [0.1, 0.15) is 5.69 Å². The minimum absolute atomic E-state index is 0.299. The molecule has 6 nitrogen and oxygen atoms in total. The van der Waals surface area contributed by atoms with Gasteiger partial charge in [-0.3, -0.25) is 4.98 Å². The summed E-state index contributed by atoms with van der Waals surface area (Å²) in [5.41, 5.74) is 0.640. The highest BCUT2D eigenvalue weighted by atomic mass is 16.5. The maximum atomic E-state index is 5.30. The minimum atomic E-state index is 0.299. The highest BCUT2D eigenvalue weighted by Crippen LogP contribution is 2.27. The van der Waals surface area contributed by atoms with Crippen molar-refractivity contribution in [3.63, 3.8) is 0 Å². The zero-order valence-corrected chi connectivity index (χ0v) is 9.50. The van der Waals surface area contributed by atoms with Crippen LogP contribution in [-0.2, 0) is 0 Å². The summed E-state index contributed by atoms with van der Waals surface area (Å²) in [5.74, 6) is 1.49. The summed E-state index contributed by atoms with van der Waals surface area (Å²) in [5, 5.41) is 7.31. The first kappa shape index (κ1) is 10.3. The quantitative estimate of drug-likeness (QED) is 0.830. The third kappa shape index (κ3) is 1.91. The first-order valence-corrected chi connectivity index (χ1v) is 5.68. The van der Waals surface area contributed by atoms with Crippen molar-refractivity contribution in [2.75, 3.05) is 6.54 Å². The van der Waals surface area contributed by atoms with E-state index in [-0.39, 0.29) is 0 Å². The number of nitrogens with one attached hydrogen (secondary N) is 1. The highest BCUT2D eigenvalue weighted by molar-refractivity contribution is 5.45. The van der Waals surface area contributed by atoms with Crippen LogP contribution in [0.1, 0.15) is 25.2 Å². The molecule has 2 aromatic heterocycles. The molecular formula is C11H13N5O. The lowest BCUT2D eigenvalue weighted by Crippen LogP contribution is -2.21. The molecule has 3 rings (SSSR count). The molecule has 0 bridgehead atoms. The fourth-order valence-electron chi connectivity index (χ4n) is 2.10. The summed E-state index contributed by atoms with van der Waals surface area (Å²) < 4.78 is 5.30. The minimum Gasteiger partial charge on any atom is -0.339 e. The van der Waals surface area contributed by atoms with E-state index >= 15 is 0 Å². The van der Waals surface area contributed by atoms with Crippen LogP contribution in [-0.4, -0.2) is 32.7 Å². The van der Waals surface area contributed by atoms with Crippen molar-refractivity contribution in [2.24, 2.45) is 0 Å².